The second-order valence-electron chi connectivity index (χ2n) is 4.62. The summed E-state index contributed by atoms with van der Waals surface area (Å²) in [5.41, 5.74) is 0.959. The van der Waals surface area contributed by atoms with Crippen LogP contribution in [0.25, 0.3) is 6.08 Å². The van der Waals surface area contributed by atoms with Crippen molar-refractivity contribution < 1.29 is 14.3 Å². The van der Waals surface area contributed by atoms with Gasteiger partial charge in [0.25, 0.3) is 0 Å². The Morgan fingerprint density at radius 2 is 2.00 bits per heavy atom. The van der Waals surface area contributed by atoms with Gasteiger partial charge in [-0.3, -0.25) is 4.79 Å². The van der Waals surface area contributed by atoms with E-state index in [0.717, 1.165) is 10.4 Å². The number of carbonyl (C=O) groups excluding carboxylic acids is 2. The van der Waals surface area contributed by atoms with Crippen LogP contribution in [0.1, 0.15) is 10.4 Å². The summed E-state index contributed by atoms with van der Waals surface area (Å²) in [5.74, 6) is -0.776. The van der Waals surface area contributed by atoms with Gasteiger partial charge in [0.15, 0.2) is 0 Å². The smallest absolute Gasteiger partial charge is 0.328 e. The van der Waals surface area contributed by atoms with E-state index in [1.807, 2.05) is 47.8 Å². The summed E-state index contributed by atoms with van der Waals surface area (Å²) in [7, 11) is 1.31. The molecule has 1 aromatic heterocycles. The molecule has 114 valence electrons. The zero-order valence-electron chi connectivity index (χ0n) is 12.2. The highest BCUT2D eigenvalue weighted by atomic mass is 32.1. The van der Waals surface area contributed by atoms with Gasteiger partial charge in [-0.15, -0.1) is 11.3 Å². The van der Waals surface area contributed by atoms with Crippen molar-refractivity contribution in [1.82, 2.24) is 5.32 Å². The monoisotopic (exact) mass is 315 g/mol. The van der Waals surface area contributed by atoms with Gasteiger partial charge in [0.1, 0.15) is 6.04 Å². The lowest BCUT2D eigenvalue weighted by molar-refractivity contribution is -0.144. The van der Waals surface area contributed by atoms with Crippen molar-refractivity contribution >= 4 is 29.3 Å². The highest BCUT2D eigenvalue weighted by Gasteiger charge is 2.20. The molecule has 0 radical (unpaired) electrons. The van der Waals surface area contributed by atoms with Crippen molar-refractivity contribution in [2.75, 3.05) is 7.11 Å². The topological polar surface area (TPSA) is 55.4 Å². The Kier molecular flexibility index (Phi) is 5.91. The van der Waals surface area contributed by atoms with E-state index in [1.54, 1.807) is 6.08 Å². The molecule has 0 fully saturated rings. The van der Waals surface area contributed by atoms with Crippen LogP contribution < -0.4 is 5.32 Å². The van der Waals surface area contributed by atoms with Crippen molar-refractivity contribution in [3.8, 4) is 0 Å². The fourth-order valence-corrected chi connectivity index (χ4v) is 2.57. The van der Waals surface area contributed by atoms with Crippen molar-refractivity contribution in [2.45, 2.75) is 12.5 Å². The first kappa shape index (κ1) is 16.0. The van der Waals surface area contributed by atoms with E-state index in [9.17, 15) is 9.59 Å². The summed E-state index contributed by atoms with van der Waals surface area (Å²) in [4.78, 5) is 24.8. The number of esters is 1. The first-order valence-corrected chi connectivity index (χ1v) is 7.71. The normalized spacial score (nSPS) is 12.0. The molecule has 1 N–H and O–H groups in total. The van der Waals surface area contributed by atoms with Crippen molar-refractivity contribution in [3.05, 3.63) is 64.4 Å². The van der Waals surface area contributed by atoms with Crippen LogP contribution in [-0.4, -0.2) is 25.0 Å². The second-order valence-corrected chi connectivity index (χ2v) is 5.60. The Hall–Kier alpha value is -2.40. The molecule has 22 heavy (non-hydrogen) atoms. The average Bonchev–Trinajstić information content (AvgIpc) is 3.06. The zero-order valence-corrected chi connectivity index (χ0v) is 13.0. The number of thiophene rings is 1. The number of hydrogen-bond donors (Lipinski definition) is 1. The molecule has 0 aliphatic heterocycles. The third-order valence-corrected chi connectivity index (χ3v) is 3.86. The standard InChI is InChI=1S/C17H17NO3S/c1-21-17(20)15(12-13-6-3-2-4-7-13)18-16(19)10-9-14-8-5-11-22-14/h2-11,15H,12H2,1H3,(H,18,19)/b10-9+/t15-/m0/s1. The summed E-state index contributed by atoms with van der Waals surface area (Å²) in [6, 6.07) is 12.6. The van der Waals surface area contributed by atoms with Crippen LogP contribution in [0.4, 0.5) is 0 Å². The van der Waals surface area contributed by atoms with Gasteiger partial charge >= 0.3 is 5.97 Å². The van der Waals surface area contributed by atoms with Crippen LogP contribution in [0.3, 0.4) is 0 Å². The largest absolute Gasteiger partial charge is 0.467 e. The van der Waals surface area contributed by atoms with E-state index >= 15 is 0 Å². The Morgan fingerprint density at radius 1 is 1.23 bits per heavy atom. The molecule has 1 amide bonds. The molecular formula is C17H17NO3S. The van der Waals surface area contributed by atoms with Crippen molar-refractivity contribution in [3.63, 3.8) is 0 Å². The maximum atomic E-state index is 12.0. The van der Waals surface area contributed by atoms with Gasteiger partial charge in [0.2, 0.25) is 5.91 Å². The van der Waals surface area contributed by atoms with Gasteiger partial charge in [0.05, 0.1) is 7.11 Å². The molecule has 4 nitrogen and oxygen atoms in total. The Labute approximate surface area is 133 Å². The second kappa shape index (κ2) is 8.14. The van der Waals surface area contributed by atoms with Gasteiger partial charge in [-0.2, -0.15) is 0 Å². The van der Waals surface area contributed by atoms with Gasteiger partial charge in [-0.25, -0.2) is 4.79 Å². The number of carbonyl (C=O) groups is 2. The zero-order chi connectivity index (χ0) is 15.8. The fraction of sp³-hybridized carbons (Fsp3) is 0.176. The van der Waals surface area contributed by atoms with Crippen LogP contribution in [0.5, 0.6) is 0 Å². The summed E-state index contributed by atoms with van der Waals surface area (Å²) >= 11 is 1.54. The first-order chi connectivity index (χ1) is 10.7. The molecule has 0 unspecified atom stereocenters. The molecule has 1 atom stereocenters. The van der Waals surface area contributed by atoms with Crippen LogP contribution in [0, 0.1) is 0 Å². The summed E-state index contributed by atoms with van der Waals surface area (Å²) in [6.45, 7) is 0. The summed E-state index contributed by atoms with van der Waals surface area (Å²) in [6.07, 6.45) is 3.54. The number of ether oxygens (including phenoxy) is 1. The van der Waals surface area contributed by atoms with Gasteiger partial charge in [-0.05, 0) is 23.1 Å². The highest BCUT2D eigenvalue weighted by molar-refractivity contribution is 7.10. The maximum Gasteiger partial charge on any atom is 0.328 e. The Balaban J connectivity index is 2.00. The van der Waals surface area contributed by atoms with E-state index in [0.29, 0.717) is 6.42 Å². The molecule has 0 saturated carbocycles. The number of rotatable bonds is 6. The quantitative estimate of drug-likeness (QED) is 0.658. The van der Waals surface area contributed by atoms with Crippen LogP contribution in [-0.2, 0) is 20.7 Å². The lowest BCUT2D eigenvalue weighted by Crippen LogP contribution is -2.42. The van der Waals surface area contributed by atoms with E-state index in [1.165, 1.54) is 24.5 Å². The lowest BCUT2D eigenvalue weighted by Gasteiger charge is -2.15. The minimum absolute atomic E-state index is 0.320. The molecule has 0 aliphatic carbocycles. The van der Waals surface area contributed by atoms with Gasteiger partial charge in [0, 0.05) is 17.4 Å². The Morgan fingerprint density at radius 3 is 2.64 bits per heavy atom. The molecular weight excluding hydrogens is 298 g/mol. The van der Waals surface area contributed by atoms with Crippen LogP contribution in [0.15, 0.2) is 53.9 Å². The van der Waals surface area contributed by atoms with E-state index in [-0.39, 0.29) is 5.91 Å². The van der Waals surface area contributed by atoms with Gasteiger partial charge < -0.3 is 10.1 Å². The lowest BCUT2D eigenvalue weighted by atomic mass is 10.1. The molecule has 0 bridgehead atoms. The molecule has 5 heteroatoms. The predicted octanol–water partition coefficient (Wildman–Crippen LogP) is 2.66. The predicted molar refractivity (Wildman–Crippen MR) is 87.4 cm³/mol. The summed E-state index contributed by atoms with van der Waals surface area (Å²) in [5, 5.41) is 4.62. The van der Waals surface area contributed by atoms with Crippen molar-refractivity contribution in [2.24, 2.45) is 0 Å². The van der Waals surface area contributed by atoms with Crippen LogP contribution >= 0.6 is 11.3 Å². The first-order valence-electron chi connectivity index (χ1n) is 6.83. The molecule has 2 aromatic rings. The van der Waals surface area contributed by atoms with E-state index in [4.69, 9.17) is 4.74 Å². The van der Waals surface area contributed by atoms with Gasteiger partial charge in [-0.1, -0.05) is 36.4 Å². The molecule has 0 saturated heterocycles. The average molecular weight is 315 g/mol. The molecule has 0 aliphatic rings. The minimum atomic E-state index is -0.701. The third-order valence-electron chi connectivity index (χ3n) is 3.03. The number of nitrogens with one attached hydrogen (secondary N) is 1. The SMILES string of the molecule is COC(=O)[C@H](Cc1ccccc1)NC(=O)/C=C/c1cccs1. The number of methoxy groups -OCH3 is 1. The van der Waals surface area contributed by atoms with Crippen LogP contribution in [0.2, 0.25) is 0 Å². The minimum Gasteiger partial charge on any atom is -0.467 e. The van der Waals surface area contributed by atoms with E-state index < -0.39 is 12.0 Å². The fourth-order valence-electron chi connectivity index (χ4n) is 1.95. The number of amides is 1. The number of hydrogen-bond acceptors (Lipinski definition) is 4. The summed E-state index contributed by atoms with van der Waals surface area (Å²) < 4.78 is 4.76. The number of benzene rings is 1. The third kappa shape index (κ3) is 4.86. The Bertz CT molecular complexity index is 635. The molecule has 0 spiro atoms. The molecule has 2 rings (SSSR count). The van der Waals surface area contributed by atoms with E-state index in [2.05, 4.69) is 5.32 Å². The van der Waals surface area contributed by atoms with Crippen molar-refractivity contribution in [1.29, 1.82) is 0 Å². The molecule has 1 aromatic carbocycles. The maximum absolute atomic E-state index is 12.0. The molecule has 1 heterocycles. The highest BCUT2D eigenvalue weighted by Crippen LogP contribution is 2.10.